The molecule has 0 fully saturated rings. The summed E-state index contributed by atoms with van der Waals surface area (Å²) in [6, 6.07) is 11.6. The van der Waals surface area contributed by atoms with Crippen LogP contribution in [0.3, 0.4) is 0 Å². The largest absolute Gasteiger partial charge is 0.461 e. The van der Waals surface area contributed by atoms with E-state index in [1.54, 1.807) is 23.2 Å². The topological polar surface area (TPSA) is 59.1 Å². The minimum absolute atomic E-state index is 0.418. The van der Waals surface area contributed by atoms with Crippen molar-refractivity contribution in [1.29, 1.82) is 0 Å². The van der Waals surface area contributed by atoms with Crippen molar-refractivity contribution < 1.29 is 4.42 Å². The minimum atomic E-state index is 0.418. The van der Waals surface area contributed by atoms with Crippen LogP contribution in [0, 0.1) is 11.7 Å². The molecule has 0 saturated heterocycles. The molecule has 0 atom stereocenters. The van der Waals surface area contributed by atoms with Crippen molar-refractivity contribution in [2.24, 2.45) is 5.10 Å². The highest BCUT2D eigenvalue weighted by atomic mass is 32.1. The summed E-state index contributed by atoms with van der Waals surface area (Å²) >= 11 is 5.18. The Hall–Kier alpha value is -2.47. The summed E-state index contributed by atoms with van der Waals surface area (Å²) in [6.45, 7) is 2.03. The van der Waals surface area contributed by atoms with Gasteiger partial charge < -0.3 is 4.42 Å². The van der Waals surface area contributed by atoms with Crippen molar-refractivity contribution in [1.82, 2.24) is 14.9 Å². The number of aromatic nitrogens is 3. The molecule has 20 heavy (non-hydrogen) atoms. The molecule has 2 aromatic heterocycles. The van der Waals surface area contributed by atoms with Crippen LogP contribution >= 0.6 is 12.2 Å². The predicted octanol–water partition coefficient (Wildman–Crippen LogP) is 3.39. The number of aryl methyl sites for hydroxylation is 1. The number of H-pyrrole nitrogens is 1. The summed E-state index contributed by atoms with van der Waals surface area (Å²) in [6.07, 6.45) is 3.34. The molecule has 6 heteroatoms. The Balaban J connectivity index is 2.02. The van der Waals surface area contributed by atoms with Crippen molar-refractivity contribution in [3.63, 3.8) is 0 Å². The molecule has 0 aliphatic heterocycles. The molecular formula is C14H12N4OS. The average molecular weight is 284 g/mol. The van der Waals surface area contributed by atoms with Crippen LogP contribution in [0.4, 0.5) is 0 Å². The first kappa shape index (κ1) is 12.6. The molecule has 2 heterocycles. The van der Waals surface area contributed by atoms with Gasteiger partial charge in [0.05, 0.1) is 12.5 Å². The van der Waals surface area contributed by atoms with Crippen molar-refractivity contribution in [3.8, 4) is 11.6 Å². The normalized spacial score (nSPS) is 11.2. The second kappa shape index (κ2) is 5.26. The lowest BCUT2D eigenvalue weighted by molar-refractivity contribution is 0.573. The lowest BCUT2D eigenvalue weighted by Crippen LogP contribution is -1.95. The molecule has 3 rings (SSSR count). The van der Waals surface area contributed by atoms with Crippen molar-refractivity contribution in [2.45, 2.75) is 6.92 Å². The molecule has 1 N–H and O–H groups in total. The van der Waals surface area contributed by atoms with Crippen LogP contribution in [0.25, 0.3) is 11.6 Å². The number of rotatable bonds is 3. The van der Waals surface area contributed by atoms with Gasteiger partial charge in [0.25, 0.3) is 0 Å². The van der Waals surface area contributed by atoms with Crippen LogP contribution < -0.4 is 0 Å². The number of nitrogens with one attached hydrogen (secondary N) is 1. The van der Waals surface area contributed by atoms with Gasteiger partial charge >= 0.3 is 0 Å². The van der Waals surface area contributed by atoms with Gasteiger partial charge in [-0.2, -0.15) is 9.78 Å². The number of aromatic amines is 1. The molecule has 0 amide bonds. The van der Waals surface area contributed by atoms with E-state index < -0.39 is 0 Å². The van der Waals surface area contributed by atoms with Crippen LogP contribution in [0.1, 0.15) is 11.1 Å². The Morgan fingerprint density at radius 2 is 2.15 bits per heavy atom. The van der Waals surface area contributed by atoms with Crippen LogP contribution in [0.2, 0.25) is 0 Å². The maximum Gasteiger partial charge on any atom is 0.219 e. The number of hydrogen-bond donors (Lipinski definition) is 1. The average Bonchev–Trinajstić information content (AvgIpc) is 3.08. The Kier molecular flexibility index (Phi) is 3.30. The van der Waals surface area contributed by atoms with Gasteiger partial charge in [0, 0.05) is 0 Å². The highest BCUT2D eigenvalue weighted by molar-refractivity contribution is 7.71. The highest BCUT2D eigenvalue weighted by Crippen LogP contribution is 2.17. The Labute approximate surface area is 120 Å². The summed E-state index contributed by atoms with van der Waals surface area (Å²) < 4.78 is 7.29. The highest BCUT2D eigenvalue weighted by Gasteiger charge is 2.10. The van der Waals surface area contributed by atoms with E-state index >= 15 is 0 Å². The van der Waals surface area contributed by atoms with E-state index in [0.29, 0.717) is 16.4 Å². The van der Waals surface area contributed by atoms with Gasteiger partial charge in [0.2, 0.25) is 10.6 Å². The minimum Gasteiger partial charge on any atom is -0.461 e. The molecule has 0 aliphatic carbocycles. The molecule has 5 nitrogen and oxygen atoms in total. The zero-order chi connectivity index (χ0) is 13.9. The Bertz CT molecular complexity index is 799. The van der Waals surface area contributed by atoms with Gasteiger partial charge in [0.15, 0.2) is 5.76 Å². The van der Waals surface area contributed by atoms with Crippen LogP contribution in [0.5, 0.6) is 0 Å². The third-order valence-corrected chi connectivity index (χ3v) is 3.16. The summed E-state index contributed by atoms with van der Waals surface area (Å²) in [5.74, 6) is 1.16. The fourth-order valence-electron chi connectivity index (χ4n) is 1.82. The van der Waals surface area contributed by atoms with E-state index in [1.807, 2.05) is 37.3 Å². The SMILES string of the molecule is Cc1ccccc1/C=N/n1c(-c2ccco2)n[nH]c1=S. The molecule has 1 aromatic carbocycles. The summed E-state index contributed by atoms with van der Waals surface area (Å²) in [5.41, 5.74) is 2.17. The van der Waals surface area contributed by atoms with E-state index in [1.165, 1.54) is 0 Å². The van der Waals surface area contributed by atoms with Crippen LogP contribution in [-0.2, 0) is 0 Å². The maximum atomic E-state index is 5.33. The second-order valence-electron chi connectivity index (χ2n) is 4.24. The van der Waals surface area contributed by atoms with E-state index in [2.05, 4.69) is 15.3 Å². The molecule has 0 saturated carbocycles. The van der Waals surface area contributed by atoms with E-state index in [4.69, 9.17) is 16.6 Å². The number of furan rings is 1. The quantitative estimate of drug-likeness (QED) is 0.592. The van der Waals surface area contributed by atoms with Crippen molar-refractivity contribution in [3.05, 3.63) is 58.6 Å². The Morgan fingerprint density at radius 1 is 1.30 bits per heavy atom. The van der Waals surface area contributed by atoms with Gasteiger partial charge in [-0.3, -0.25) is 0 Å². The molecule has 0 bridgehead atoms. The molecule has 0 spiro atoms. The summed E-state index contributed by atoms with van der Waals surface area (Å²) in [5, 5.41) is 11.2. The zero-order valence-electron chi connectivity index (χ0n) is 10.8. The van der Waals surface area contributed by atoms with Gasteiger partial charge in [-0.05, 0) is 42.4 Å². The predicted molar refractivity (Wildman–Crippen MR) is 79.3 cm³/mol. The molecule has 0 unspecified atom stereocenters. The number of hydrogen-bond acceptors (Lipinski definition) is 4. The van der Waals surface area contributed by atoms with Gasteiger partial charge in [-0.25, -0.2) is 5.10 Å². The van der Waals surface area contributed by atoms with E-state index in [-0.39, 0.29) is 0 Å². The molecule has 0 aliphatic rings. The Morgan fingerprint density at radius 3 is 2.90 bits per heavy atom. The first-order valence-corrected chi connectivity index (χ1v) is 6.48. The number of benzene rings is 1. The first-order valence-electron chi connectivity index (χ1n) is 6.07. The fourth-order valence-corrected chi connectivity index (χ4v) is 1.99. The lowest BCUT2D eigenvalue weighted by Gasteiger charge is -1.99. The van der Waals surface area contributed by atoms with Gasteiger partial charge in [0.1, 0.15) is 0 Å². The third kappa shape index (κ3) is 2.33. The van der Waals surface area contributed by atoms with E-state index in [0.717, 1.165) is 11.1 Å². The monoisotopic (exact) mass is 284 g/mol. The lowest BCUT2D eigenvalue weighted by atomic mass is 10.1. The molecule has 3 aromatic rings. The summed E-state index contributed by atoms with van der Waals surface area (Å²) in [7, 11) is 0. The summed E-state index contributed by atoms with van der Waals surface area (Å²) in [4.78, 5) is 0. The smallest absolute Gasteiger partial charge is 0.219 e. The number of nitrogens with zero attached hydrogens (tertiary/aromatic N) is 3. The molecule has 0 radical (unpaired) electrons. The van der Waals surface area contributed by atoms with Gasteiger partial charge in [-0.15, -0.1) is 5.10 Å². The second-order valence-corrected chi connectivity index (χ2v) is 4.63. The molecular weight excluding hydrogens is 272 g/mol. The zero-order valence-corrected chi connectivity index (χ0v) is 11.6. The van der Waals surface area contributed by atoms with Gasteiger partial charge in [-0.1, -0.05) is 24.3 Å². The van der Waals surface area contributed by atoms with Crippen molar-refractivity contribution >= 4 is 18.4 Å². The maximum absolute atomic E-state index is 5.33. The first-order chi connectivity index (χ1) is 9.75. The van der Waals surface area contributed by atoms with E-state index in [9.17, 15) is 0 Å². The van der Waals surface area contributed by atoms with Crippen LogP contribution in [0.15, 0.2) is 52.2 Å². The standard InChI is InChI=1S/C14H12N4OS/c1-10-5-2-3-6-11(10)9-15-18-13(16-17-14(18)20)12-7-4-8-19-12/h2-9H,1H3,(H,17,20)/b15-9+. The third-order valence-electron chi connectivity index (χ3n) is 2.89. The van der Waals surface area contributed by atoms with Crippen LogP contribution in [-0.4, -0.2) is 21.1 Å². The molecule has 100 valence electrons. The fraction of sp³-hybridized carbons (Fsp3) is 0.0714. The van der Waals surface area contributed by atoms with Crippen molar-refractivity contribution in [2.75, 3.05) is 0 Å².